The van der Waals surface area contributed by atoms with Crippen LogP contribution in [0, 0.1) is 11.3 Å². The van der Waals surface area contributed by atoms with E-state index in [2.05, 4.69) is 26.1 Å². The van der Waals surface area contributed by atoms with Gasteiger partial charge in [0, 0.05) is 9.37 Å². The van der Waals surface area contributed by atoms with E-state index in [4.69, 9.17) is 9.78 Å². The first kappa shape index (κ1) is 15.0. The first-order valence-corrected chi connectivity index (χ1v) is 7.70. The van der Waals surface area contributed by atoms with Gasteiger partial charge in [-0.15, -0.1) is 11.8 Å². The van der Waals surface area contributed by atoms with Crippen molar-refractivity contribution in [2.75, 3.05) is 0 Å². The van der Waals surface area contributed by atoms with Gasteiger partial charge >= 0.3 is 0 Å². The number of halogens is 1. The molecule has 1 aromatic heterocycles. The van der Waals surface area contributed by atoms with Crippen molar-refractivity contribution < 1.29 is 9.63 Å². The van der Waals surface area contributed by atoms with Gasteiger partial charge in [0.2, 0.25) is 5.89 Å². The van der Waals surface area contributed by atoms with Crippen molar-refractivity contribution in [3.63, 3.8) is 0 Å². The van der Waals surface area contributed by atoms with Crippen LogP contribution in [0.5, 0.6) is 0 Å². The molecule has 0 radical (unpaired) electrons. The van der Waals surface area contributed by atoms with Crippen LogP contribution in [0.2, 0.25) is 0 Å². The van der Waals surface area contributed by atoms with Crippen LogP contribution in [-0.2, 0) is 12.2 Å². The van der Waals surface area contributed by atoms with E-state index in [9.17, 15) is 5.11 Å². The molecule has 2 aromatic rings. The number of aliphatic hydroxyl groups is 1. The molecule has 0 aliphatic carbocycles. The van der Waals surface area contributed by atoms with Crippen LogP contribution >= 0.6 is 27.7 Å². The number of aliphatic hydroxyl groups excluding tert-OH is 1. The van der Waals surface area contributed by atoms with Gasteiger partial charge in [0.05, 0.1) is 30.8 Å². The smallest absolute Gasteiger partial charge is 0.229 e. The molecule has 1 aromatic carbocycles. The molecule has 20 heavy (non-hydrogen) atoms. The van der Waals surface area contributed by atoms with E-state index in [1.807, 2.05) is 30.3 Å². The first-order chi connectivity index (χ1) is 9.69. The third-order valence-electron chi connectivity index (χ3n) is 2.44. The quantitative estimate of drug-likeness (QED) is 0.803. The van der Waals surface area contributed by atoms with Gasteiger partial charge in [-0.3, -0.25) is 0 Å². The average Bonchev–Trinajstić information content (AvgIpc) is 2.85. The maximum absolute atomic E-state index is 9.49. The second kappa shape index (κ2) is 7.43. The number of hydrogen-bond donors (Lipinski definition) is 1. The Bertz CT molecular complexity index is 612. The highest BCUT2D eigenvalue weighted by Crippen LogP contribution is 2.28. The summed E-state index contributed by atoms with van der Waals surface area (Å²) in [4.78, 5) is 5.29. The van der Waals surface area contributed by atoms with Crippen molar-refractivity contribution in [3.05, 3.63) is 40.5 Å². The monoisotopic (exact) mass is 353 g/mol. The van der Waals surface area contributed by atoms with E-state index in [1.165, 1.54) is 0 Å². The largest absolute Gasteiger partial charge is 0.392 e. The Morgan fingerprint density at radius 3 is 3.00 bits per heavy atom. The average molecular weight is 354 g/mol. The zero-order valence-corrected chi connectivity index (χ0v) is 12.9. The summed E-state index contributed by atoms with van der Waals surface area (Å²) < 4.78 is 6.07. The number of thioether (sulfide) groups is 1. The molecule has 1 unspecified atom stereocenters. The Hall–Kier alpha value is -1.36. The Labute approximate surface area is 129 Å². The number of nitriles is 1. The molecule has 0 aliphatic heterocycles. The summed E-state index contributed by atoms with van der Waals surface area (Å²) in [6.45, 7) is 0. The maximum atomic E-state index is 9.49. The highest BCUT2D eigenvalue weighted by atomic mass is 79.9. The van der Waals surface area contributed by atoms with Gasteiger partial charge < -0.3 is 9.63 Å². The van der Waals surface area contributed by atoms with Gasteiger partial charge in [-0.05, 0) is 28.1 Å². The van der Waals surface area contributed by atoms with Crippen LogP contribution in [0.15, 0.2) is 38.2 Å². The molecule has 0 saturated heterocycles. The highest BCUT2D eigenvalue weighted by Gasteiger charge is 2.12. The standard InChI is InChI=1S/C13H12BrN3O2S/c14-10-3-1-2-4-11(10)20-8-12-16-13(19-17-12)7-9(18)5-6-15/h1-4,9,18H,5,7-8H2. The normalized spacial score (nSPS) is 12.1. The topological polar surface area (TPSA) is 82.9 Å². The lowest BCUT2D eigenvalue weighted by Gasteiger charge is -2.01. The summed E-state index contributed by atoms with van der Waals surface area (Å²) in [5.41, 5.74) is 0. The predicted octanol–water partition coefficient (Wildman–Crippen LogP) is 2.94. The van der Waals surface area contributed by atoms with Crippen LogP contribution in [-0.4, -0.2) is 21.4 Å². The fourth-order valence-electron chi connectivity index (χ4n) is 1.51. The van der Waals surface area contributed by atoms with Crippen molar-refractivity contribution in [2.45, 2.75) is 29.6 Å². The lowest BCUT2D eigenvalue weighted by molar-refractivity contribution is 0.167. The summed E-state index contributed by atoms with van der Waals surface area (Å²) in [6, 6.07) is 9.80. The molecule has 2 rings (SSSR count). The predicted molar refractivity (Wildman–Crippen MR) is 77.9 cm³/mol. The lowest BCUT2D eigenvalue weighted by Crippen LogP contribution is -2.09. The third-order valence-corrected chi connectivity index (χ3v) is 4.46. The van der Waals surface area contributed by atoms with Crippen LogP contribution < -0.4 is 0 Å². The Kier molecular flexibility index (Phi) is 5.59. The van der Waals surface area contributed by atoms with Crippen LogP contribution in [0.25, 0.3) is 0 Å². The second-order valence-electron chi connectivity index (χ2n) is 4.04. The van der Waals surface area contributed by atoms with Crippen molar-refractivity contribution in [2.24, 2.45) is 0 Å². The Balaban J connectivity index is 1.90. The van der Waals surface area contributed by atoms with Crippen LogP contribution in [0.3, 0.4) is 0 Å². The number of benzene rings is 1. The summed E-state index contributed by atoms with van der Waals surface area (Å²) in [7, 11) is 0. The molecule has 1 N–H and O–H groups in total. The van der Waals surface area contributed by atoms with Crippen molar-refractivity contribution >= 4 is 27.7 Å². The fourth-order valence-corrected chi connectivity index (χ4v) is 2.93. The molecule has 5 nitrogen and oxygen atoms in total. The Morgan fingerprint density at radius 1 is 1.45 bits per heavy atom. The van der Waals surface area contributed by atoms with Crippen molar-refractivity contribution in [1.29, 1.82) is 5.26 Å². The molecule has 0 saturated carbocycles. The van der Waals surface area contributed by atoms with Gasteiger partial charge in [-0.1, -0.05) is 17.3 Å². The van der Waals surface area contributed by atoms with Gasteiger partial charge in [-0.25, -0.2) is 0 Å². The SMILES string of the molecule is N#CCC(O)Cc1nc(CSc2ccccc2Br)no1. The van der Waals surface area contributed by atoms with E-state index in [1.54, 1.807) is 11.8 Å². The minimum atomic E-state index is -0.760. The van der Waals surface area contributed by atoms with Crippen LogP contribution in [0.1, 0.15) is 18.1 Å². The van der Waals surface area contributed by atoms with Crippen molar-refractivity contribution in [3.8, 4) is 6.07 Å². The van der Waals surface area contributed by atoms with E-state index in [0.717, 1.165) is 9.37 Å². The van der Waals surface area contributed by atoms with Crippen molar-refractivity contribution in [1.82, 2.24) is 10.1 Å². The maximum Gasteiger partial charge on any atom is 0.229 e. The number of hydrogen-bond acceptors (Lipinski definition) is 6. The van der Waals surface area contributed by atoms with E-state index in [0.29, 0.717) is 17.5 Å². The minimum Gasteiger partial charge on any atom is -0.392 e. The minimum absolute atomic E-state index is 0.0590. The Morgan fingerprint density at radius 2 is 2.25 bits per heavy atom. The number of nitrogens with zero attached hydrogens (tertiary/aromatic N) is 3. The number of aromatic nitrogens is 2. The summed E-state index contributed by atoms with van der Waals surface area (Å²) in [5.74, 6) is 1.51. The van der Waals surface area contributed by atoms with E-state index < -0.39 is 6.10 Å². The third kappa shape index (κ3) is 4.34. The van der Waals surface area contributed by atoms with Crippen LogP contribution in [0.4, 0.5) is 0 Å². The molecular weight excluding hydrogens is 342 g/mol. The van der Waals surface area contributed by atoms with Gasteiger partial charge in [-0.2, -0.15) is 10.2 Å². The summed E-state index contributed by atoms with van der Waals surface area (Å²) >= 11 is 5.07. The van der Waals surface area contributed by atoms with Gasteiger partial charge in [0.1, 0.15) is 0 Å². The molecule has 7 heteroatoms. The molecule has 0 spiro atoms. The number of rotatable bonds is 6. The molecule has 104 valence electrons. The summed E-state index contributed by atoms with van der Waals surface area (Å²) in [6.07, 6.45) is -0.492. The molecule has 1 atom stereocenters. The zero-order chi connectivity index (χ0) is 14.4. The molecule has 0 aliphatic rings. The van der Waals surface area contributed by atoms with E-state index in [-0.39, 0.29) is 12.8 Å². The molecule has 0 bridgehead atoms. The molecule has 0 fully saturated rings. The van der Waals surface area contributed by atoms with Gasteiger partial charge in [0.25, 0.3) is 0 Å². The summed E-state index contributed by atoms with van der Waals surface area (Å²) in [5, 5.41) is 21.8. The first-order valence-electron chi connectivity index (χ1n) is 5.93. The fraction of sp³-hybridized carbons (Fsp3) is 0.308. The molecule has 0 amide bonds. The zero-order valence-electron chi connectivity index (χ0n) is 10.5. The second-order valence-corrected chi connectivity index (χ2v) is 5.92. The molecule has 1 heterocycles. The van der Waals surface area contributed by atoms with E-state index >= 15 is 0 Å². The van der Waals surface area contributed by atoms with Gasteiger partial charge in [0.15, 0.2) is 5.82 Å². The lowest BCUT2D eigenvalue weighted by atomic mass is 10.2. The molecular formula is C13H12BrN3O2S. The highest BCUT2D eigenvalue weighted by molar-refractivity contribution is 9.10.